The monoisotopic (exact) mass is 394 g/mol. The van der Waals surface area contributed by atoms with Crippen molar-refractivity contribution in [2.45, 2.75) is 25.9 Å². The second-order valence-corrected chi connectivity index (χ2v) is 7.99. The molecule has 0 saturated carbocycles. The minimum atomic E-state index is -0.518. The standard InChI is InChI=1S/C21H22N4O2S/c1-15-4-2-5-16(12-15)21(27)24-13-17-7-10-23-25(17)19(14-24)20(26)22-9-8-18-6-3-11-28-18/h2-7,10-12,19H,8-9,13-14H2,1H3,(H,22,26)/t19-/m1/s1. The molecule has 3 aromatic rings. The van der Waals surface area contributed by atoms with Crippen LogP contribution in [-0.2, 0) is 17.8 Å². The van der Waals surface area contributed by atoms with Crippen molar-refractivity contribution in [2.75, 3.05) is 13.1 Å². The molecule has 7 heteroatoms. The van der Waals surface area contributed by atoms with E-state index in [0.29, 0.717) is 25.2 Å². The van der Waals surface area contributed by atoms with Crippen LogP contribution in [0.1, 0.15) is 32.5 Å². The Balaban J connectivity index is 1.47. The van der Waals surface area contributed by atoms with Gasteiger partial charge in [0.15, 0.2) is 0 Å². The van der Waals surface area contributed by atoms with E-state index in [1.165, 1.54) is 4.88 Å². The molecular weight excluding hydrogens is 372 g/mol. The molecule has 2 amide bonds. The highest BCUT2D eigenvalue weighted by molar-refractivity contribution is 7.09. The van der Waals surface area contributed by atoms with Crippen LogP contribution in [0.15, 0.2) is 54.0 Å². The lowest BCUT2D eigenvalue weighted by Gasteiger charge is -2.33. The summed E-state index contributed by atoms with van der Waals surface area (Å²) in [5.74, 6) is -0.171. The molecule has 0 aliphatic carbocycles. The van der Waals surface area contributed by atoms with Crippen molar-refractivity contribution in [2.24, 2.45) is 0 Å². The average Bonchev–Trinajstić information content (AvgIpc) is 3.38. The number of benzene rings is 1. The number of hydrogen-bond acceptors (Lipinski definition) is 4. The van der Waals surface area contributed by atoms with Crippen molar-refractivity contribution in [1.82, 2.24) is 20.0 Å². The van der Waals surface area contributed by atoms with Gasteiger partial charge in [0.05, 0.1) is 18.8 Å². The third kappa shape index (κ3) is 3.84. The molecular formula is C21H22N4O2S. The maximum Gasteiger partial charge on any atom is 0.254 e. The van der Waals surface area contributed by atoms with Gasteiger partial charge in [-0.05, 0) is 43.0 Å². The molecule has 0 saturated heterocycles. The first-order chi connectivity index (χ1) is 13.6. The summed E-state index contributed by atoms with van der Waals surface area (Å²) in [6, 6.07) is 13.0. The van der Waals surface area contributed by atoms with E-state index in [0.717, 1.165) is 17.7 Å². The smallest absolute Gasteiger partial charge is 0.254 e. The molecule has 28 heavy (non-hydrogen) atoms. The Hall–Kier alpha value is -2.93. The van der Waals surface area contributed by atoms with E-state index in [-0.39, 0.29) is 11.8 Å². The highest BCUT2D eigenvalue weighted by Gasteiger charge is 2.33. The lowest BCUT2D eigenvalue weighted by atomic mass is 10.1. The fourth-order valence-electron chi connectivity index (χ4n) is 3.48. The van der Waals surface area contributed by atoms with Crippen LogP contribution >= 0.6 is 11.3 Å². The van der Waals surface area contributed by atoms with E-state index >= 15 is 0 Å². The van der Waals surface area contributed by atoms with E-state index < -0.39 is 6.04 Å². The number of aromatic nitrogens is 2. The van der Waals surface area contributed by atoms with Gasteiger partial charge in [0, 0.05) is 23.2 Å². The Bertz CT molecular complexity index is 980. The van der Waals surface area contributed by atoms with Crippen molar-refractivity contribution in [3.05, 3.63) is 75.7 Å². The van der Waals surface area contributed by atoms with Gasteiger partial charge in [-0.1, -0.05) is 23.8 Å². The fraction of sp³-hybridized carbons (Fsp3) is 0.286. The normalized spacial score (nSPS) is 15.9. The van der Waals surface area contributed by atoms with E-state index in [9.17, 15) is 9.59 Å². The Morgan fingerprint density at radius 2 is 2.14 bits per heavy atom. The Labute approximate surface area is 167 Å². The zero-order valence-electron chi connectivity index (χ0n) is 15.7. The van der Waals surface area contributed by atoms with Gasteiger partial charge >= 0.3 is 0 Å². The van der Waals surface area contributed by atoms with Crippen LogP contribution in [0.25, 0.3) is 0 Å². The molecule has 1 aliphatic rings. The molecule has 1 N–H and O–H groups in total. The zero-order chi connectivity index (χ0) is 19.5. The average molecular weight is 395 g/mol. The molecule has 0 radical (unpaired) electrons. The van der Waals surface area contributed by atoms with Gasteiger partial charge in [-0.3, -0.25) is 14.3 Å². The topological polar surface area (TPSA) is 67.2 Å². The molecule has 2 aromatic heterocycles. The molecule has 0 spiro atoms. The third-order valence-electron chi connectivity index (χ3n) is 4.90. The Morgan fingerprint density at radius 3 is 2.93 bits per heavy atom. The highest BCUT2D eigenvalue weighted by Crippen LogP contribution is 2.22. The fourth-order valence-corrected chi connectivity index (χ4v) is 4.19. The number of nitrogens with zero attached hydrogens (tertiary/aromatic N) is 3. The van der Waals surface area contributed by atoms with Gasteiger partial charge < -0.3 is 10.2 Å². The van der Waals surface area contributed by atoms with E-state index in [4.69, 9.17) is 0 Å². The largest absolute Gasteiger partial charge is 0.354 e. The van der Waals surface area contributed by atoms with E-state index in [1.807, 2.05) is 48.7 Å². The second-order valence-electron chi connectivity index (χ2n) is 6.96. The van der Waals surface area contributed by atoms with Crippen LogP contribution in [0.2, 0.25) is 0 Å². The summed E-state index contributed by atoms with van der Waals surface area (Å²) in [6.45, 7) is 3.29. The van der Waals surface area contributed by atoms with E-state index in [1.54, 1.807) is 27.1 Å². The van der Waals surface area contributed by atoms with E-state index in [2.05, 4.69) is 16.5 Å². The molecule has 1 atom stereocenters. The number of fused-ring (bicyclic) bond motifs is 1. The van der Waals surface area contributed by atoms with Crippen molar-refractivity contribution >= 4 is 23.2 Å². The predicted molar refractivity (Wildman–Crippen MR) is 108 cm³/mol. The first-order valence-corrected chi connectivity index (χ1v) is 10.2. The van der Waals surface area contributed by atoms with Gasteiger partial charge in [-0.25, -0.2) is 0 Å². The highest BCUT2D eigenvalue weighted by atomic mass is 32.1. The number of aryl methyl sites for hydroxylation is 1. The van der Waals surface area contributed by atoms with Crippen LogP contribution < -0.4 is 5.32 Å². The van der Waals surface area contributed by atoms with Gasteiger partial charge in [0.25, 0.3) is 5.91 Å². The molecule has 0 fully saturated rings. The summed E-state index contributed by atoms with van der Waals surface area (Å²) < 4.78 is 1.74. The first kappa shape index (κ1) is 18.4. The molecule has 1 aromatic carbocycles. The van der Waals surface area contributed by atoms with Gasteiger partial charge in [-0.15, -0.1) is 11.3 Å². The lowest BCUT2D eigenvalue weighted by molar-refractivity contribution is -0.125. The van der Waals surface area contributed by atoms with Crippen LogP contribution in [0, 0.1) is 6.92 Å². The maximum atomic E-state index is 13.0. The van der Waals surface area contributed by atoms with Crippen LogP contribution in [0.5, 0.6) is 0 Å². The van der Waals surface area contributed by atoms with Gasteiger partial charge in [-0.2, -0.15) is 5.10 Å². The molecule has 6 nitrogen and oxygen atoms in total. The molecule has 0 bridgehead atoms. The molecule has 4 rings (SSSR count). The molecule has 3 heterocycles. The predicted octanol–water partition coefficient (Wildman–Crippen LogP) is 2.81. The Morgan fingerprint density at radius 1 is 1.25 bits per heavy atom. The van der Waals surface area contributed by atoms with Crippen molar-refractivity contribution in [1.29, 1.82) is 0 Å². The minimum absolute atomic E-state index is 0.0625. The van der Waals surface area contributed by atoms with Gasteiger partial charge in [0.2, 0.25) is 5.91 Å². The molecule has 144 valence electrons. The van der Waals surface area contributed by atoms with Crippen LogP contribution in [0.4, 0.5) is 0 Å². The number of rotatable bonds is 5. The van der Waals surface area contributed by atoms with Gasteiger partial charge in [0.1, 0.15) is 6.04 Å². The van der Waals surface area contributed by atoms with Crippen molar-refractivity contribution in [3.8, 4) is 0 Å². The number of carbonyl (C=O) groups is 2. The number of thiophene rings is 1. The van der Waals surface area contributed by atoms with Crippen molar-refractivity contribution < 1.29 is 9.59 Å². The SMILES string of the molecule is Cc1cccc(C(=O)N2Cc3ccnn3[C@@H](C(=O)NCCc3cccs3)C2)c1. The zero-order valence-corrected chi connectivity index (χ0v) is 16.5. The second kappa shape index (κ2) is 7.98. The number of amides is 2. The van der Waals surface area contributed by atoms with Crippen molar-refractivity contribution in [3.63, 3.8) is 0 Å². The number of hydrogen-bond donors (Lipinski definition) is 1. The number of nitrogens with one attached hydrogen (secondary N) is 1. The summed E-state index contributed by atoms with van der Waals surface area (Å²) in [5, 5.41) is 9.35. The minimum Gasteiger partial charge on any atom is -0.354 e. The van der Waals surface area contributed by atoms with Crippen LogP contribution in [0.3, 0.4) is 0 Å². The summed E-state index contributed by atoms with van der Waals surface area (Å²) >= 11 is 1.68. The first-order valence-electron chi connectivity index (χ1n) is 9.30. The number of carbonyl (C=O) groups excluding carboxylic acids is 2. The Kier molecular flexibility index (Phi) is 5.25. The lowest BCUT2D eigenvalue weighted by Crippen LogP contribution is -2.47. The summed E-state index contributed by atoms with van der Waals surface area (Å²) in [6.07, 6.45) is 2.48. The van der Waals surface area contributed by atoms with Crippen LogP contribution in [-0.4, -0.2) is 39.6 Å². The summed E-state index contributed by atoms with van der Waals surface area (Å²) in [5.41, 5.74) is 2.55. The summed E-state index contributed by atoms with van der Waals surface area (Å²) in [7, 11) is 0. The molecule has 1 aliphatic heterocycles. The quantitative estimate of drug-likeness (QED) is 0.724. The molecule has 0 unspecified atom stereocenters. The third-order valence-corrected chi connectivity index (χ3v) is 5.84. The maximum absolute atomic E-state index is 13.0. The summed E-state index contributed by atoms with van der Waals surface area (Å²) in [4.78, 5) is 28.8.